The van der Waals surface area contributed by atoms with Crippen LogP contribution in [0.25, 0.3) is 0 Å². The van der Waals surface area contributed by atoms with Crippen molar-refractivity contribution in [2.24, 2.45) is 12.5 Å². The van der Waals surface area contributed by atoms with Gasteiger partial charge in [0.25, 0.3) is 17.9 Å². The number of nitrogens with one attached hydrogen (secondary N) is 1. The van der Waals surface area contributed by atoms with E-state index in [-0.39, 0.29) is 48.7 Å². The summed E-state index contributed by atoms with van der Waals surface area (Å²) in [4.78, 5) is 46.7. The summed E-state index contributed by atoms with van der Waals surface area (Å²) >= 11 is 0. The number of carbonyl (C=O) groups is 2. The third-order valence-electron chi connectivity index (χ3n) is 16.8. The van der Waals surface area contributed by atoms with E-state index in [9.17, 15) is 45.3 Å². The predicted octanol–water partition coefficient (Wildman–Crippen LogP) is 8.85. The van der Waals surface area contributed by atoms with Gasteiger partial charge in [-0.2, -0.15) is 8.42 Å². The van der Waals surface area contributed by atoms with E-state index in [0.717, 1.165) is 49.6 Å². The van der Waals surface area contributed by atoms with Gasteiger partial charge in [0.2, 0.25) is 0 Å². The second kappa shape index (κ2) is 52.9. The highest BCUT2D eigenvalue weighted by Gasteiger charge is 2.30. The fourth-order valence-corrected chi connectivity index (χ4v) is 9.77. The summed E-state index contributed by atoms with van der Waals surface area (Å²) in [6.45, 7) is 55.5. The number of aliphatic hydroxyl groups excluding tert-OH is 1. The van der Waals surface area contributed by atoms with Crippen molar-refractivity contribution in [3.63, 3.8) is 0 Å². The number of phosphoric ester groups is 2. The molecule has 0 aromatic carbocycles. The van der Waals surface area contributed by atoms with Crippen LogP contribution in [0.5, 0.6) is 0 Å². The highest BCUT2D eigenvalue weighted by molar-refractivity contribution is 7.90. The van der Waals surface area contributed by atoms with Crippen molar-refractivity contribution < 1.29 is 100 Å². The summed E-state index contributed by atoms with van der Waals surface area (Å²) in [5.41, 5.74) is 2.97. The Balaban J connectivity index is -0.000000260. The fourth-order valence-electron chi connectivity index (χ4n) is 7.41. The van der Waals surface area contributed by atoms with Gasteiger partial charge in [-0.1, -0.05) is 74.5 Å². The van der Waals surface area contributed by atoms with Crippen LogP contribution >= 0.6 is 15.6 Å². The van der Waals surface area contributed by atoms with Crippen molar-refractivity contribution in [2.45, 2.75) is 239 Å². The number of likely N-dealkylation sites (N-methyl/N-ethyl adjacent to an activating group) is 4. The first kappa shape index (κ1) is 110. The number of nitrogens with zero attached hydrogens (tertiary/aromatic N) is 9. The molecule has 0 fully saturated rings. The van der Waals surface area contributed by atoms with Gasteiger partial charge in [-0.15, -0.1) is 9.36 Å². The van der Waals surface area contributed by atoms with E-state index < -0.39 is 35.6 Å². The number of ketones is 2. The predicted molar refractivity (Wildman–Crippen MR) is 416 cm³/mol. The molecule has 0 radical (unpaired) electrons. The first-order valence-electron chi connectivity index (χ1n) is 35.8. The molecule has 4 unspecified atom stereocenters. The van der Waals surface area contributed by atoms with E-state index in [4.69, 9.17) is 14.2 Å². The van der Waals surface area contributed by atoms with Crippen LogP contribution in [0, 0.1) is 5.41 Å². The van der Waals surface area contributed by atoms with Crippen molar-refractivity contribution in [1.82, 2.24) is 19.7 Å². The molecule has 0 saturated heterocycles. The van der Waals surface area contributed by atoms with Gasteiger partial charge in [0.05, 0.1) is 111 Å². The molecular weight excluding hydrogens is 1390 g/mol. The van der Waals surface area contributed by atoms with Gasteiger partial charge in [0.1, 0.15) is 80.2 Å². The number of sulfone groups is 1. The first-order valence-corrected chi connectivity index (χ1v) is 42.6. The number of aromatic nitrogens is 4. The second-order valence-electron chi connectivity index (χ2n) is 32.4. The van der Waals surface area contributed by atoms with E-state index in [2.05, 4.69) is 205 Å². The maximum atomic E-state index is 11.2. The zero-order chi connectivity index (χ0) is 82.0. The normalized spacial score (nSPS) is 14.0. The molecular formula is C72H157N10O16P2S2+5. The summed E-state index contributed by atoms with van der Waals surface area (Å²) in [5.74, 6) is 1.52. The zero-order valence-corrected chi connectivity index (χ0v) is 74.7. The second-order valence-corrected chi connectivity index (χ2v) is 39.3. The summed E-state index contributed by atoms with van der Waals surface area (Å²) < 4.78 is 96.0. The summed E-state index contributed by atoms with van der Waals surface area (Å²) in [5, 5.41) is 13.3. The van der Waals surface area contributed by atoms with Crippen molar-refractivity contribution >= 4 is 47.2 Å². The number of quaternary nitrogens is 4. The van der Waals surface area contributed by atoms with Crippen LogP contribution in [-0.2, 0) is 86.5 Å². The van der Waals surface area contributed by atoms with Crippen LogP contribution < -0.4 is 19.0 Å². The van der Waals surface area contributed by atoms with Gasteiger partial charge < -0.3 is 47.2 Å². The molecule has 0 amide bonds. The lowest BCUT2D eigenvalue weighted by Crippen LogP contribution is -3.12. The lowest BCUT2D eigenvalue weighted by Gasteiger charge is -2.34. The molecule has 30 heteroatoms. The molecule has 2 heterocycles. The molecule has 608 valence electrons. The Morgan fingerprint density at radius 1 is 0.775 bits per heavy atom. The van der Waals surface area contributed by atoms with Gasteiger partial charge in [0, 0.05) is 74.7 Å². The molecule has 2 aromatic rings. The number of aryl methyl sites for hydroxylation is 2. The molecule has 0 aliphatic heterocycles. The van der Waals surface area contributed by atoms with E-state index in [1.54, 1.807) is 32.4 Å². The van der Waals surface area contributed by atoms with E-state index in [1.165, 1.54) is 29.7 Å². The Hall–Kier alpha value is -2.99. The minimum absolute atomic E-state index is 0.0593. The van der Waals surface area contributed by atoms with E-state index in [0.29, 0.717) is 95.4 Å². The fraction of sp³-hybridized carbons (Fsp3) is 0.847. The Labute approximate surface area is 624 Å². The summed E-state index contributed by atoms with van der Waals surface area (Å²) in [6.07, 6.45) is 10.2. The van der Waals surface area contributed by atoms with Crippen LogP contribution in [0.2, 0.25) is 0 Å². The molecule has 4 atom stereocenters. The SMILES string of the molecule is C=C(O)C[n+]1cc(C(C)(C)C)n(C)n1.CC(=O)CCN(C)C(C)C.CC(=O)CN(C)C(C)C.CC(C)OP(=O)(O)OCC[N+](C)(C)C.CC(C)[N+](C)(C)CCOS(C)(=O)=O.CC(C)[NH+](C)CCCS(C)(=O)=O.CCCC[n+]1ccccc1C(C)C(C)(C)C.COP(=O)([O-])OCC[N+](C)(C)C(C)C. The molecule has 102 heavy (non-hydrogen) atoms. The highest BCUT2D eigenvalue weighted by atomic mass is 32.2. The molecule has 3 N–H and O–H groups in total. The van der Waals surface area contributed by atoms with Gasteiger partial charge in [-0.3, -0.25) is 32.3 Å². The third kappa shape index (κ3) is 66.4. The van der Waals surface area contributed by atoms with Crippen LogP contribution in [0.1, 0.15) is 195 Å². The van der Waals surface area contributed by atoms with Crippen molar-refractivity contribution in [2.75, 3.05) is 155 Å². The minimum atomic E-state index is -4.05. The van der Waals surface area contributed by atoms with Crippen LogP contribution in [-0.4, -0.2) is 263 Å². The average molecular weight is 1550 g/mol. The van der Waals surface area contributed by atoms with E-state index >= 15 is 0 Å². The Bertz CT molecular complexity index is 2910. The van der Waals surface area contributed by atoms with Crippen molar-refractivity contribution in [3.8, 4) is 0 Å². The smallest absolute Gasteiger partial charge is 0.472 e. The Morgan fingerprint density at radius 2 is 1.25 bits per heavy atom. The third-order valence-corrected chi connectivity index (χ3v) is 20.6. The minimum Gasteiger partial charge on any atom is -0.756 e. The molecule has 2 rings (SSSR count). The monoisotopic (exact) mass is 1540 g/mol. The number of carbonyl (C=O) groups excluding carboxylic acids is 2. The van der Waals surface area contributed by atoms with E-state index in [1.807, 2.05) is 72.2 Å². The number of aliphatic hydroxyl groups is 1. The van der Waals surface area contributed by atoms with Crippen LogP contribution in [0.15, 0.2) is 42.9 Å². The number of pyridine rings is 1. The Kier molecular flexibility index (Phi) is 57.0. The number of rotatable bonds is 35. The largest absolute Gasteiger partial charge is 0.756 e. The topological polar surface area (TPSA) is 283 Å². The van der Waals surface area contributed by atoms with Gasteiger partial charge >= 0.3 is 7.82 Å². The number of allylic oxidation sites excluding steroid dienone is 1. The standard InChI is InChI=1S/C15H26N.C10H17N3O.2C8H20NO4P.C8H20NO3S.C8H19NO2S.C8H17NO.C7H15NO/c1-6-7-11-16-12-9-8-10-14(16)13(2)15(3,4)5;1-8(14)6-13-7-9(10(2,3)4)12(5)11-13;1-8(2)9(3,4)6-7-13-14(10,11)12-5;1-8(2)13-14(10,11)12-7-6-9(3,4)5;1-8(2)9(3,4)6-7-12-13(5,10)11;1-8(2)9(3)6-5-7-12(4,10)11;1-7(2)9(4)6-5-8(3)10;1-6(2)8(4)5-7(3)9/h8-10,12-13H,6-7,11H2,1-5H3;7H,1,6H2,2-5H3;2*8H,6-7H2,1-5H3;8H,6-7H2,1-5H3;8H,5-7H2,1-4H3;7H,5-6H2,1-4H3;6H,5H2,1-4H3/q+1;;;;+1;;;/p+3. The molecule has 26 nitrogen and oxygen atoms in total. The van der Waals surface area contributed by atoms with Gasteiger partial charge in [0.15, 0.2) is 30.3 Å². The highest BCUT2D eigenvalue weighted by Crippen LogP contribution is 2.44. The number of Topliss-reactive ketones (excluding diaryl/α,β-unsaturated/α-hetero) is 2. The Morgan fingerprint density at radius 3 is 1.60 bits per heavy atom. The quantitative estimate of drug-likeness (QED) is 0.0191. The lowest BCUT2D eigenvalue weighted by molar-refractivity contribution is -0.911. The average Bonchev–Trinajstić information content (AvgIpc) is 1.54. The molecule has 0 aliphatic rings. The number of unbranched alkanes of at least 4 members (excludes halogenated alkanes) is 1. The summed E-state index contributed by atoms with van der Waals surface area (Å²) in [7, 11) is 9.23. The maximum absolute atomic E-state index is 11.2. The molecule has 0 aliphatic carbocycles. The van der Waals surface area contributed by atoms with Crippen molar-refractivity contribution in [3.05, 3.63) is 54.3 Å². The zero-order valence-electron chi connectivity index (χ0n) is 71.3. The first-order chi connectivity index (χ1) is 45.7. The van der Waals surface area contributed by atoms with Crippen LogP contribution in [0.3, 0.4) is 0 Å². The van der Waals surface area contributed by atoms with Gasteiger partial charge in [-0.05, 0) is 116 Å². The molecule has 0 bridgehead atoms. The summed E-state index contributed by atoms with van der Waals surface area (Å²) in [6, 6.07) is 9.02. The molecule has 0 saturated carbocycles. The number of hydrogen-bond donors (Lipinski definition) is 3. The van der Waals surface area contributed by atoms with Crippen molar-refractivity contribution in [1.29, 1.82) is 0 Å². The molecule has 2 aromatic heterocycles. The number of phosphoric acid groups is 2. The van der Waals surface area contributed by atoms with Gasteiger partial charge in [-0.25, -0.2) is 17.5 Å². The lowest BCUT2D eigenvalue weighted by atomic mass is 9.79. The number of hydrogen-bond acceptors (Lipinski definition) is 18. The molecule has 0 spiro atoms. The maximum Gasteiger partial charge on any atom is 0.472 e. The van der Waals surface area contributed by atoms with Crippen LogP contribution in [0.4, 0.5) is 0 Å².